The Bertz CT molecular complexity index is 135. The molecule has 0 aromatic carbocycles. The van der Waals surface area contributed by atoms with E-state index < -0.39 is 0 Å². The fraction of sp³-hybridized carbons (Fsp3) is 1.00. The Balaban J connectivity index is 1.84. The molecule has 78 valence electrons. The number of nitrogens with zero attached hydrogens (tertiary/aromatic N) is 1. The van der Waals surface area contributed by atoms with Crippen molar-refractivity contribution in [3.63, 3.8) is 0 Å². The Kier molecular flexibility index (Phi) is 4.70. The molecule has 3 nitrogen and oxygen atoms in total. The van der Waals surface area contributed by atoms with E-state index >= 15 is 0 Å². The molecular formula is C10H22N2O. The molecule has 0 heterocycles. The van der Waals surface area contributed by atoms with Gasteiger partial charge in [-0.1, -0.05) is 6.92 Å². The lowest BCUT2D eigenvalue weighted by Gasteiger charge is -2.31. The third-order valence-corrected chi connectivity index (χ3v) is 2.85. The predicted molar refractivity (Wildman–Crippen MR) is 54.8 cm³/mol. The Morgan fingerprint density at radius 2 is 2.15 bits per heavy atom. The SMILES string of the molecule is CCN(C)CCNCC1CC(O)C1. The molecule has 1 saturated carbocycles. The molecule has 0 aromatic heterocycles. The van der Waals surface area contributed by atoms with Gasteiger partial charge in [-0.05, 0) is 38.9 Å². The summed E-state index contributed by atoms with van der Waals surface area (Å²) in [5.74, 6) is 0.724. The Morgan fingerprint density at radius 3 is 2.69 bits per heavy atom. The summed E-state index contributed by atoms with van der Waals surface area (Å²) < 4.78 is 0. The van der Waals surface area contributed by atoms with Crippen molar-refractivity contribution < 1.29 is 5.11 Å². The van der Waals surface area contributed by atoms with Gasteiger partial charge in [-0.3, -0.25) is 0 Å². The molecule has 1 fully saturated rings. The summed E-state index contributed by atoms with van der Waals surface area (Å²) >= 11 is 0. The van der Waals surface area contributed by atoms with Crippen LogP contribution in [0, 0.1) is 5.92 Å². The molecule has 1 aliphatic carbocycles. The van der Waals surface area contributed by atoms with Gasteiger partial charge in [0.1, 0.15) is 0 Å². The molecule has 0 bridgehead atoms. The minimum atomic E-state index is -0.00915. The largest absolute Gasteiger partial charge is 0.393 e. The fourth-order valence-electron chi connectivity index (χ4n) is 1.60. The second kappa shape index (κ2) is 5.58. The molecular weight excluding hydrogens is 164 g/mol. The maximum Gasteiger partial charge on any atom is 0.0546 e. The van der Waals surface area contributed by atoms with Gasteiger partial charge in [0.05, 0.1) is 6.10 Å². The second-order valence-corrected chi connectivity index (χ2v) is 4.09. The van der Waals surface area contributed by atoms with Gasteiger partial charge in [-0.2, -0.15) is 0 Å². The van der Waals surface area contributed by atoms with Crippen LogP contribution in [0.2, 0.25) is 0 Å². The van der Waals surface area contributed by atoms with Gasteiger partial charge >= 0.3 is 0 Å². The lowest BCUT2D eigenvalue weighted by atomic mass is 9.82. The maximum absolute atomic E-state index is 9.07. The van der Waals surface area contributed by atoms with E-state index in [9.17, 15) is 0 Å². The first-order valence-corrected chi connectivity index (χ1v) is 5.29. The molecule has 2 N–H and O–H groups in total. The smallest absolute Gasteiger partial charge is 0.0546 e. The monoisotopic (exact) mass is 186 g/mol. The molecule has 0 spiro atoms. The van der Waals surface area contributed by atoms with Crippen molar-refractivity contribution in [3.05, 3.63) is 0 Å². The first-order valence-electron chi connectivity index (χ1n) is 5.29. The molecule has 1 aliphatic rings. The van der Waals surface area contributed by atoms with E-state index in [4.69, 9.17) is 5.11 Å². The predicted octanol–water partition coefficient (Wildman–Crippen LogP) is 0.299. The standard InChI is InChI=1S/C10H22N2O/c1-3-12(2)5-4-11-8-9-6-10(13)7-9/h9-11,13H,3-8H2,1-2H3. The summed E-state index contributed by atoms with van der Waals surface area (Å²) in [5, 5.41) is 12.5. The first-order chi connectivity index (χ1) is 6.22. The van der Waals surface area contributed by atoms with E-state index in [2.05, 4.69) is 24.2 Å². The van der Waals surface area contributed by atoms with Gasteiger partial charge in [0.2, 0.25) is 0 Å². The minimum Gasteiger partial charge on any atom is -0.393 e. The molecule has 0 atom stereocenters. The van der Waals surface area contributed by atoms with Crippen molar-refractivity contribution in [2.75, 3.05) is 33.2 Å². The molecule has 0 unspecified atom stereocenters. The summed E-state index contributed by atoms with van der Waals surface area (Å²) in [6, 6.07) is 0. The zero-order valence-corrected chi connectivity index (χ0v) is 8.79. The lowest BCUT2D eigenvalue weighted by Crippen LogP contribution is -2.38. The van der Waals surface area contributed by atoms with Gasteiger partial charge in [-0.25, -0.2) is 0 Å². The molecule has 0 aromatic rings. The number of hydrogen-bond donors (Lipinski definition) is 2. The van der Waals surface area contributed by atoms with Crippen LogP contribution in [0.5, 0.6) is 0 Å². The number of rotatable bonds is 6. The van der Waals surface area contributed by atoms with Crippen LogP contribution in [0.3, 0.4) is 0 Å². The van der Waals surface area contributed by atoms with Crippen molar-refractivity contribution >= 4 is 0 Å². The third kappa shape index (κ3) is 4.07. The Labute approximate surface area is 81.1 Å². The van der Waals surface area contributed by atoms with Crippen molar-refractivity contribution in [2.24, 2.45) is 5.92 Å². The van der Waals surface area contributed by atoms with E-state index in [0.717, 1.165) is 44.9 Å². The number of likely N-dealkylation sites (N-methyl/N-ethyl adjacent to an activating group) is 1. The van der Waals surface area contributed by atoms with Gasteiger partial charge in [0, 0.05) is 13.1 Å². The van der Waals surface area contributed by atoms with E-state index in [1.807, 2.05) is 0 Å². The van der Waals surface area contributed by atoms with E-state index in [-0.39, 0.29) is 6.10 Å². The first kappa shape index (κ1) is 11.0. The highest BCUT2D eigenvalue weighted by Gasteiger charge is 2.26. The zero-order chi connectivity index (χ0) is 9.68. The van der Waals surface area contributed by atoms with Crippen molar-refractivity contribution in [1.29, 1.82) is 0 Å². The van der Waals surface area contributed by atoms with Crippen LogP contribution in [0.4, 0.5) is 0 Å². The van der Waals surface area contributed by atoms with Crippen molar-refractivity contribution in [2.45, 2.75) is 25.9 Å². The average Bonchev–Trinajstić information content (AvgIpc) is 2.08. The Morgan fingerprint density at radius 1 is 1.46 bits per heavy atom. The summed E-state index contributed by atoms with van der Waals surface area (Å²) in [7, 11) is 2.13. The number of aliphatic hydroxyl groups excluding tert-OH is 1. The van der Waals surface area contributed by atoms with Crippen LogP contribution in [0.1, 0.15) is 19.8 Å². The average molecular weight is 186 g/mol. The minimum absolute atomic E-state index is 0.00915. The highest BCUT2D eigenvalue weighted by molar-refractivity contribution is 4.79. The summed E-state index contributed by atoms with van der Waals surface area (Å²) in [6.07, 6.45) is 1.98. The third-order valence-electron chi connectivity index (χ3n) is 2.85. The van der Waals surface area contributed by atoms with Crippen molar-refractivity contribution in [3.8, 4) is 0 Å². The van der Waals surface area contributed by atoms with E-state index in [0.29, 0.717) is 0 Å². The summed E-state index contributed by atoms with van der Waals surface area (Å²) in [6.45, 7) is 6.55. The van der Waals surface area contributed by atoms with Gasteiger partial charge in [0.25, 0.3) is 0 Å². The summed E-state index contributed by atoms with van der Waals surface area (Å²) in [5.41, 5.74) is 0. The van der Waals surface area contributed by atoms with Crippen molar-refractivity contribution in [1.82, 2.24) is 10.2 Å². The highest BCUT2D eigenvalue weighted by atomic mass is 16.3. The molecule has 0 radical (unpaired) electrons. The van der Waals surface area contributed by atoms with Crippen LogP contribution in [-0.2, 0) is 0 Å². The highest BCUT2D eigenvalue weighted by Crippen LogP contribution is 2.25. The molecule has 0 aliphatic heterocycles. The van der Waals surface area contributed by atoms with Crippen LogP contribution in [0.15, 0.2) is 0 Å². The normalized spacial score (nSPS) is 27.7. The zero-order valence-electron chi connectivity index (χ0n) is 8.79. The molecule has 13 heavy (non-hydrogen) atoms. The summed E-state index contributed by atoms with van der Waals surface area (Å²) in [4.78, 5) is 2.29. The number of nitrogens with one attached hydrogen (secondary N) is 1. The van der Waals surface area contributed by atoms with Crippen LogP contribution in [0.25, 0.3) is 0 Å². The van der Waals surface area contributed by atoms with Gasteiger partial charge in [0.15, 0.2) is 0 Å². The van der Waals surface area contributed by atoms with Crippen LogP contribution in [-0.4, -0.2) is 49.3 Å². The van der Waals surface area contributed by atoms with Crippen LogP contribution < -0.4 is 5.32 Å². The molecule has 0 saturated heterocycles. The maximum atomic E-state index is 9.07. The molecule has 1 rings (SSSR count). The topological polar surface area (TPSA) is 35.5 Å². The number of hydrogen-bond acceptors (Lipinski definition) is 3. The van der Waals surface area contributed by atoms with Crippen LogP contribution >= 0.6 is 0 Å². The molecule has 3 heteroatoms. The van der Waals surface area contributed by atoms with Gasteiger partial charge in [-0.15, -0.1) is 0 Å². The van der Waals surface area contributed by atoms with E-state index in [1.165, 1.54) is 0 Å². The Hall–Kier alpha value is -0.120. The van der Waals surface area contributed by atoms with Gasteiger partial charge < -0.3 is 15.3 Å². The molecule has 0 amide bonds. The quantitative estimate of drug-likeness (QED) is 0.586. The van der Waals surface area contributed by atoms with E-state index in [1.54, 1.807) is 0 Å². The fourth-order valence-corrected chi connectivity index (χ4v) is 1.60. The lowest BCUT2D eigenvalue weighted by molar-refractivity contribution is 0.0430. The second-order valence-electron chi connectivity index (χ2n) is 4.09. The number of aliphatic hydroxyl groups is 1.